The Labute approximate surface area is 109 Å². The molecule has 2 N–H and O–H groups in total. The van der Waals surface area contributed by atoms with Crippen molar-refractivity contribution >= 4 is 10.9 Å². The second-order valence-corrected chi connectivity index (χ2v) is 5.65. The summed E-state index contributed by atoms with van der Waals surface area (Å²) >= 11 is 0. The minimum atomic E-state index is 0.207. The molecular weight excluding hydrogens is 220 g/mol. The monoisotopic (exact) mass is 242 g/mol. The standard InChI is InChI=1S/C16H22N2/c1-11-15(16(17)12-7-3-4-8-12)13-9-5-6-10-14(13)18(11)2/h5-6,9-10,12,16H,3-4,7-8,17H2,1-2H3. The van der Waals surface area contributed by atoms with Crippen LogP contribution in [0.15, 0.2) is 24.3 Å². The van der Waals surface area contributed by atoms with Crippen LogP contribution in [0.5, 0.6) is 0 Å². The summed E-state index contributed by atoms with van der Waals surface area (Å²) in [4.78, 5) is 0. The highest BCUT2D eigenvalue weighted by Gasteiger charge is 2.27. The molecule has 0 radical (unpaired) electrons. The van der Waals surface area contributed by atoms with Crippen molar-refractivity contribution in [2.24, 2.45) is 18.7 Å². The third-order valence-electron chi connectivity index (χ3n) is 4.69. The van der Waals surface area contributed by atoms with Crippen LogP contribution >= 0.6 is 0 Å². The van der Waals surface area contributed by atoms with Crippen LogP contribution in [0.1, 0.15) is 43.0 Å². The first-order chi connectivity index (χ1) is 8.70. The van der Waals surface area contributed by atoms with E-state index in [4.69, 9.17) is 5.73 Å². The minimum absolute atomic E-state index is 0.207. The van der Waals surface area contributed by atoms with Crippen LogP contribution in [-0.2, 0) is 7.05 Å². The fourth-order valence-electron chi connectivity index (χ4n) is 3.52. The van der Waals surface area contributed by atoms with Crippen molar-refractivity contribution in [3.8, 4) is 0 Å². The molecule has 0 saturated heterocycles. The van der Waals surface area contributed by atoms with Crippen molar-refractivity contribution in [3.05, 3.63) is 35.5 Å². The van der Waals surface area contributed by atoms with Gasteiger partial charge in [-0.2, -0.15) is 0 Å². The van der Waals surface area contributed by atoms with Gasteiger partial charge in [0, 0.05) is 29.7 Å². The van der Waals surface area contributed by atoms with Crippen LogP contribution in [0.3, 0.4) is 0 Å². The van der Waals surface area contributed by atoms with Gasteiger partial charge in [0.1, 0.15) is 0 Å². The average molecular weight is 242 g/mol. The number of nitrogens with zero attached hydrogens (tertiary/aromatic N) is 1. The van der Waals surface area contributed by atoms with Crippen LogP contribution in [0.2, 0.25) is 0 Å². The Balaban J connectivity index is 2.13. The summed E-state index contributed by atoms with van der Waals surface area (Å²) in [6.07, 6.45) is 5.29. The van der Waals surface area contributed by atoms with Gasteiger partial charge in [-0.3, -0.25) is 0 Å². The fourth-order valence-corrected chi connectivity index (χ4v) is 3.52. The van der Waals surface area contributed by atoms with Crippen molar-refractivity contribution in [2.45, 2.75) is 38.6 Å². The summed E-state index contributed by atoms with van der Waals surface area (Å²) in [7, 11) is 2.14. The predicted molar refractivity (Wildman–Crippen MR) is 76.5 cm³/mol. The molecule has 2 nitrogen and oxygen atoms in total. The Morgan fingerprint density at radius 2 is 1.89 bits per heavy atom. The number of aromatic nitrogens is 1. The van der Waals surface area contributed by atoms with E-state index >= 15 is 0 Å². The van der Waals surface area contributed by atoms with Crippen LogP contribution in [0.4, 0.5) is 0 Å². The van der Waals surface area contributed by atoms with Crippen molar-refractivity contribution in [2.75, 3.05) is 0 Å². The number of benzene rings is 1. The lowest BCUT2D eigenvalue weighted by molar-refractivity contribution is 0.445. The quantitative estimate of drug-likeness (QED) is 0.855. The number of para-hydroxylation sites is 1. The summed E-state index contributed by atoms with van der Waals surface area (Å²) < 4.78 is 2.28. The molecule has 0 aliphatic heterocycles. The van der Waals surface area contributed by atoms with Crippen molar-refractivity contribution in [1.82, 2.24) is 4.57 Å². The zero-order chi connectivity index (χ0) is 12.7. The lowest BCUT2D eigenvalue weighted by Gasteiger charge is -2.19. The number of fused-ring (bicyclic) bond motifs is 1. The molecular formula is C16H22N2. The van der Waals surface area contributed by atoms with Gasteiger partial charge in [0.25, 0.3) is 0 Å². The molecule has 1 heterocycles. The van der Waals surface area contributed by atoms with Crippen molar-refractivity contribution < 1.29 is 0 Å². The molecule has 1 atom stereocenters. The minimum Gasteiger partial charge on any atom is -0.348 e. The smallest absolute Gasteiger partial charge is 0.0483 e. The molecule has 1 unspecified atom stereocenters. The average Bonchev–Trinajstić information content (AvgIpc) is 2.99. The molecule has 3 rings (SSSR count). The molecule has 1 saturated carbocycles. The SMILES string of the molecule is Cc1c(C(N)C2CCCC2)c2ccccc2n1C. The zero-order valence-corrected chi connectivity index (χ0v) is 11.3. The van der Waals surface area contributed by atoms with Crippen LogP contribution in [0, 0.1) is 12.8 Å². The molecule has 0 spiro atoms. The highest BCUT2D eigenvalue weighted by molar-refractivity contribution is 5.86. The first-order valence-corrected chi connectivity index (χ1v) is 6.99. The molecule has 0 amide bonds. The summed E-state index contributed by atoms with van der Waals surface area (Å²) in [6.45, 7) is 2.20. The normalized spacial score (nSPS) is 18.6. The first-order valence-electron chi connectivity index (χ1n) is 6.99. The molecule has 0 bridgehead atoms. The summed E-state index contributed by atoms with van der Waals surface area (Å²) in [5.41, 5.74) is 10.6. The van der Waals surface area contributed by atoms with Crippen molar-refractivity contribution in [1.29, 1.82) is 0 Å². The highest BCUT2D eigenvalue weighted by Crippen LogP contribution is 2.38. The van der Waals surface area contributed by atoms with E-state index in [0.717, 1.165) is 0 Å². The molecule has 1 aromatic carbocycles. The number of hydrogen-bond donors (Lipinski definition) is 1. The lowest BCUT2D eigenvalue weighted by Crippen LogP contribution is -2.20. The largest absolute Gasteiger partial charge is 0.348 e. The summed E-state index contributed by atoms with van der Waals surface area (Å²) in [5.74, 6) is 0.675. The number of aryl methyl sites for hydroxylation is 1. The van der Waals surface area contributed by atoms with E-state index in [-0.39, 0.29) is 6.04 Å². The molecule has 1 fully saturated rings. The zero-order valence-electron chi connectivity index (χ0n) is 11.3. The van der Waals surface area contributed by atoms with E-state index in [1.54, 1.807) is 0 Å². The number of rotatable bonds is 2. The Morgan fingerprint density at radius 1 is 1.22 bits per heavy atom. The van der Waals surface area contributed by atoms with Crippen LogP contribution < -0.4 is 5.73 Å². The number of nitrogens with two attached hydrogens (primary N) is 1. The molecule has 18 heavy (non-hydrogen) atoms. The second-order valence-electron chi connectivity index (χ2n) is 5.65. The molecule has 1 aromatic heterocycles. The van der Waals surface area contributed by atoms with Gasteiger partial charge in [0.05, 0.1) is 0 Å². The van der Waals surface area contributed by atoms with Gasteiger partial charge < -0.3 is 10.3 Å². The third kappa shape index (κ3) is 1.67. The number of hydrogen-bond acceptors (Lipinski definition) is 1. The molecule has 2 aromatic rings. The van der Waals surface area contributed by atoms with Crippen LogP contribution in [-0.4, -0.2) is 4.57 Å². The Kier molecular flexibility index (Phi) is 2.90. The van der Waals surface area contributed by atoms with E-state index in [1.165, 1.54) is 47.8 Å². The van der Waals surface area contributed by atoms with Gasteiger partial charge in [-0.05, 0) is 37.3 Å². The maximum Gasteiger partial charge on any atom is 0.0483 e. The summed E-state index contributed by atoms with van der Waals surface area (Å²) in [5, 5.41) is 1.34. The van der Waals surface area contributed by atoms with Gasteiger partial charge >= 0.3 is 0 Å². The van der Waals surface area contributed by atoms with Gasteiger partial charge in [0.2, 0.25) is 0 Å². The van der Waals surface area contributed by atoms with Gasteiger partial charge in [-0.25, -0.2) is 0 Å². The Bertz CT molecular complexity index is 562. The molecule has 1 aliphatic carbocycles. The fraction of sp³-hybridized carbons (Fsp3) is 0.500. The van der Waals surface area contributed by atoms with E-state index in [2.05, 4.69) is 42.8 Å². The predicted octanol–water partition coefficient (Wildman–Crippen LogP) is 3.68. The van der Waals surface area contributed by atoms with E-state index in [9.17, 15) is 0 Å². The van der Waals surface area contributed by atoms with E-state index in [1.807, 2.05) is 0 Å². The highest BCUT2D eigenvalue weighted by atomic mass is 15.0. The molecule has 1 aliphatic rings. The first kappa shape index (κ1) is 11.8. The molecule has 2 heteroatoms. The van der Waals surface area contributed by atoms with Crippen molar-refractivity contribution in [3.63, 3.8) is 0 Å². The maximum absolute atomic E-state index is 6.57. The van der Waals surface area contributed by atoms with Gasteiger partial charge in [-0.15, -0.1) is 0 Å². The third-order valence-corrected chi connectivity index (χ3v) is 4.69. The second kappa shape index (κ2) is 4.43. The Morgan fingerprint density at radius 3 is 2.61 bits per heavy atom. The van der Waals surface area contributed by atoms with Gasteiger partial charge in [0.15, 0.2) is 0 Å². The van der Waals surface area contributed by atoms with Gasteiger partial charge in [-0.1, -0.05) is 31.0 Å². The van der Waals surface area contributed by atoms with E-state index in [0.29, 0.717) is 5.92 Å². The van der Waals surface area contributed by atoms with E-state index < -0.39 is 0 Å². The lowest BCUT2D eigenvalue weighted by atomic mass is 9.91. The summed E-state index contributed by atoms with van der Waals surface area (Å²) in [6, 6.07) is 8.83. The topological polar surface area (TPSA) is 30.9 Å². The maximum atomic E-state index is 6.57. The van der Waals surface area contributed by atoms with Crippen LogP contribution in [0.25, 0.3) is 10.9 Å². The molecule has 96 valence electrons. The Hall–Kier alpha value is -1.28.